The number of nitrogens with zero attached hydrogens (tertiary/aromatic N) is 1. The van der Waals surface area contributed by atoms with Gasteiger partial charge in [-0.2, -0.15) is 0 Å². The molecule has 0 aliphatic rings. The molecule has 0 saturated heterocycles. The third kappa shape index (κ3) is 3.16. The van der Waals surface area contributed by atoms with Crippen LogP contribution in [-0.4, -0.2) is 18.1 Å². The third-order valence-corrected chi connectivity index (χ3v) is 2.38. The number of halogens is 1. The van der Waals surface area contributed by atoms with E-state index < -0.39 is 0 Å². The van der Waals surface area contributed by atoms with Gasteiger partial charge in [-0.25, -0.2) is 0 Å². The van der Waals surface area contributed by atoms with Gasteiger partial charge in [0.1, 0.15) is 0 Å². The van der Waals surface area contributed by atoms with Crippen LogP contribution in [0.25, 0.3) is 0 Å². The number of hydrogen-bond acceptors (Lipinski definition) is 3. The minimum Gasteiger partial charge on any atom is -0.383 e. The molecule has 0 bridgehead atoms. The molecule has 3 N–H and O–H groups in total. The van der Waals surface area contributed by atoms with Crippen molar-refractivity contribution in [2.45, 2.75) is 13.8 Å². The summed E-state index contributed by atoms with van der Waals surface area (Å²) in [5, 5.41) is 3.89. The van der Waals surface area contributed by atoms with Gasteiger partial charge in [-0.1, -0.05) is 25.4 Å². The fourth-order valence-electron chi connectivity index (χ4n) is 0.925. The molecular weight excluding hydrogens is 198 g/mol. The summed E-state index contributed by atoms with van der Waals surface area (Å²) >= 11 is 5.94. The van der Waals surface area contributed by atoms with Gasteiger partial charge in [-0.05, 0) is 18.0 Å². The van der Waals surface area contributed by atoms with Crippen LogP contribution in [0.2, 0.25) is 5.02 Å². The fraction of sp³-hybridized carbons (Fsp3) is 0.500. The van der Waals surface area contributed by atoms with E-state index in [0.717, 1.165) is 12.2 Å². The van der Waals surface area contributed by atoms with Gasteiger partial charge in [0.2, 0.25) is 0 Å². The molecule has 0 aliphatic carbocycles. The number of hydrogen-bond donors (Lipinski definition) is 2. The highest BCUT2D eigenvalue weighted by Gasteiger charge is 2.15. The first kappa shape index (κ1) is 11.3. The van der Waals surface area contributed by atoms with Crippen molar-refractivity contribution in [1.29, 1.82) is 0 Å². The van der Waals surface area contributed by atoms with Gasteiger partial charge < -0.3 is 11.1 Å². The third-order valence-electron chi connectivity index (χ3n) is 2.08. The molecule has 1 heterocycles. The Balaban J connectivity index is 2.58. The van der Waals surface area contributed by atoms with Gasteiger partial charge in [-0.3, -0.25) is 4.98 Å². The smallest absolute Gasteiger partial charge is 0.0820 e. The Kier molecular flexibility index (Phi) is 3.72. The second-order valence-corrected chi connectivity index (χ2v) is 4.48. The van der Waals surface area contributed by atoms with Crippen molar-refractivity contribution in [1.82, 2.24) is 4.98 Å². The van der Waals surface area contributed by atoms with Crippen LogP contribution >= 0.6 is 11.6 Å². The molecule has 1 aromatic heterocycles. The molecule has 0 unspecified atom stereocenters. The number of rotatable bonds is 4. The SMILES string of the molecule is CC(C)(CN)CNc1ccncc1Cl. The van der Waals surface area contributed by atoms with Crippen molar-refractivity contribution in [3.8, 4) is 0 Å². The molecule has 0 aliphatic heterocycles. The van der Waals surface area contributed by atoms with E-state index in [9.17, 15) is 0 Å². The summed E-state index contributed by atoms with van der Waals surface area (Å²) in [6, 6.07) is 1.86. The average molecular weight is 214 g/mol. The molecule has 3 nitrogen and oxygen atoms in total. The molecule has 1 aromatic rings. The fourth-order valence-corrected chi connectivity index (χ4v) is 1.11. The monoisotopic (exact) mass is 213 g/mol. The zero-order valence-electron chi connectivity index (χ0n) is 8.55. The lowest BCUT2D eigenvalue weighted by molar-refractivity contribution is 0.405. The van der Waals surface area contributed by atoms with Crippen LogP contribution < -0.4 is 11.1 Å². The number of nitrogens with two attached hydrogens (primary N) is 1. The lowest BCUT2D eigenvalue weighted by Gasteiger charge is -2.23. The van der Waals surface area contributed by atoms with Crippen LogP contribution in [0.1, 0.15) is 13.8 Å². The molecule has 0 saturated carbocycles. The first-order chi connectivity index (χ1) is 6.55. The number of aromatic nitrogens is 1. The largest absolute Gasteiger partial charge is 0.383 e. The van der Waals surface area contributed by atoms with Crippen molar-refractivity contribution in [3.63, 3.8) is 0 Å². The number of anilines is 1. The highest BCUT2D eigenvalue weighted by atomic mass is 35.5. The molecule has 78 valence electrons. The van der Waals surface area contributed by atoms with E-state index in [0.29, 0.717) is 11.6 Å². The van der Waals surface area contributed by atoms with E-state index in [2.05, 4.69) is 24.1 Å². The van der Waals surface area contributed by atoms with E-state index in [1.54, 1.807) is 12.4 Å². The van der Waals surface area contributed by atoms with Gasteiger partial charge in [0, 0.05) is 18.9 Å². The Bertz CT molecular complexity index is 299. The van der Waals surface area contributed by atoms with Crippen molar-refractivity contribution >= 4 is 17.3 Å². The van der Waals surface area contributed by atoms with Crippen LogP contribution in [0.4, 0.5) is 5.69 Å². The number of pyridine rings is 1. The molecular formula is C10H16ClN3. The van der Waals surface area contributed by atoms with E-state index in [1.807, 2.05) is 6.07 Å². The maximum atomic E-state index is 5.94. The molecule has 0 aromatic carbocycles. The molecule has 0 spiro atoms. The Morgan fingerprint density at radius 1 is 1.57 bits per heavy atom. The summed E-state index contributed by atoms with van der Waals surface area (Å²) in [5.74, 6) is 0. The summed E-state index contributed by atoms with van der Waals surface area (Å²) in [7, 11) is 0. The van der Waals surface area contributed by atoms with Crippen LogP contribution in [0.5, 0.6) is 0 Å². The highest BCUT2D eigenvalue weighted by molar-refractivity contribution is 6.33. The zero-order chi connectivity index (χ0) is 10.6. The molecule has 14 heavy (non-hydrogen) atoms. The summed E-state index contributed by atoms with van der Waals surface area (Å²) in [5.41, 5.74) is 6.60. The molecule has 4 heteroatoms. The first-order valence-electron chi connectivity index (χ1n) is 4.58. The number of nitrogens with one attached hydrogen (secondary N) is 1. The van der Waals surface area contributed by atoms with Gasteiger partial charge in [0.25, 0.3) is 0 Å². The second-order valence-electron chi connectivity index (χ2n) is 4.08. The Hall–Kier alpha value is -0.800. The van der Waals surface area contributed by atoms with E-state index in [-0.39, 0.29) is 5.41 Å². The molecule has 0 fully saturated rings. The lowest BCUT2D eigenvalue weighted by atomic mass is 9.94. The van der Waals surface area contributed by atoms with Gasteiger partial charge in [0.15, 0.2) is 0 Å². The first-order valence-corrected chi connectivity index (χ1v) is 4.96. The maximum Gasteiger partial charge on any atom is 0.0820 e. The van der Waals surface area contributed by atoms with Gasteiger partial charge in [-0.15, -0.1) is 0 Å². The zero-order valence-corrected chi connectivity index (χ0v) is 9.30. The maximum absolute atomic E-state index is 5.94. The normalized spacial score (nSPS) is 11.4. The van der Waals surface area contributed by atoms with Crippen LogP contribution in [0, 0.1) is 5.41 Å². The second kappa shape index (κ2) is 4.62. The predicted octanol–water partition coefficient (Wildman–Crippen LogP) is 2.13. The highest BCUT2D eigenvalue weighted by Crippen LogP contribution is 2.21. The standard InChI is InChI=1S/C10H16ClN3/c1-10(2,6-12)7-14-9-3-4-13-5-8(9)11/h3-5H,6-7,12H2,1-2H3,(H,13,14). The van der Waals surface area contributed by atoms with E-state index >= 15 is 0 Å². The summed E-state index contributed by atoms with van der Waals surface area (Å²) in [6.45, 7) is 5.65. The van der Waals surface area contributed by atoms with E-state index in [1.165, 1.54) is 0 Å². The lowest BCUT2D eigenvalue weighted by Crippen LogP contribution is -2.31. The topological polar surface area (TPSA) is 50.9 Å². The van der Waals surface area contributed by atoms with Crippen molar-refractivity contribution < 1.29 is 0 Å². The minimum atomic E-state index is 0.0760. The van der Waals surface area contributed by atoms with E-state index in [4.69, 9.17) is 17.3 Å². The van der Waals surface area contributed by atoms with Crippen molar-refractivity contribution in [2.75, 3.05) is 18.4 Å². The van der Waals surface area contributed by atoms with Crippen LogP contribution in [-0.2, 0) is 0 Å². The minimum absolute atomic E-state index is 0.0760. The van der Waals surface area contributed by atoms with Crippen molar-refractivity contribution in [3.05, 3.63) is 23.5 Å². The molecule has 0 atom stereocenters. The molecule has 0 amide bonds. The average Bonchev–Trinajstić information content (AvgIpc) is 2.17. The summed E-state index contributed by atoms with van der Waals surface area (Å²) in [6.07, 6.45) is 3.34. The predicted molar refractivity (Wildman–Crippen MR) is 60.6 cm³/mol. The quantitative estimate of drug-likeness (QED) is 0.806. The molecule has 1 rings (SSSR count). The van der Waals surface area contributed by atoms with Gasteiger partial charge >= 0.3 is 0 Å². The summed E-state index contributed by atoms with van der Waals surface area (Å²) < 4.78 is 0. The van der Waals surface area contributed by atoms with Gasteiger partial charge in [0.05, 0.1) is 10.7 Å². The Labute approximate surface area is 89.7 Å². The van der Waals surface area contributed by atoms with Crippen LogP contribution in [0.15, 0.2) is 18.5 Å². The van der Waals surface area contributed by atoms with Crippen LogP contribution in [0.3, 0.4) is 0 Å². The Morgan fingerprint density at radius 2 is 2.29 bits per heavy atom. The summed E-state index contributed by atoms with van der Waals surface area (Å²) in [4.78, 5) is 3.91. The van der Waals surface area contributed by atoms with Crippen molar-refractivity contribution in [2.24, 2.45) is 11.1 Å². The Morgan fingerprint density at radius 3 is 2.86 bits per heavy atom. The molecule has 0 radical (unpaired) electrons.